The predicted molar refractivity (Wildman–Crippen MR) is 68.3 cm³/mol. The molecule has 3 N–H and O–H groups in total. The van der Waals surface area contributed by atoms with Gasteiger partial charge in [0.2, 0.25) is 0 Å². The third kappa shape index (κ3) is 3.41. The molecule has 0 saturated heterocycles. The third-order valence-electron chi connectivity index (χ3n) is 2.59. The minimum Gasteiger partial charge on any atom is -0.493 e. The smallest absolute Gasteiger partial charge is 0.258 e. The van der Waals surface area contributed by atoms with Gasteiger partial charge in [0.15, 0.2) is 17.6 Å². The highest BCUT2D eigenvalue weighted by Crippen LogP contribution is 2.35. The summed E-state index contributed by atoms with van der Waals surface area (Å²) in [5, 5.41) is 11.9. The normalized spacial score (nSPS) is 11.7. The fourth-order valence-electron chi connectivity index (χ4n) is 1.55. The highest BCUT2D eigenvalue weighted by atomic mass is 16.5. The van der Waals surface area contributed by atoms with Gasteiger partial charge in [-0.1, -0.05) is 6.92 Å². The van der Waals surface area contributed by atoms with Crippen LogP contribution in [0.4, 0.5) is 5.69 Å². The average molecular weight is 268 g/mol. The Morgan fingerprint density at radius 3 is 2.58 bits per heavy atom. The molecule has 1 amide bonds. The van der Waals surface area contributed by atoms with Crippen LogP contribution >= 0.6 is 0 Å². The van der Waals surface area contributed by atoms with E-state index in [0.29, 0.717) is 12.0 Å². The van der Waals surface area contributed by atoms with Gasteiger partial charge >= 0.3 is 0 Å². The number of nitroso groups, excluding NO2 is 1. The predicted octanol–water partition coefficient (Wildman–Crippen LogP) is 1.23. The number of primary amides is 1. The first-order valence-corrected chi connectivity index (χ1v) is 5.68. The molecule has 0 bridgehead atoms. The SMILES string of the molecule is CCC(Oc1cc(N=O)c(CO)cc1OC)C(N)=O. The van der Waals surface area contributed by atoms with Gasteiger partial charge in [-0.05, 0) is 17.7 Å². The molecular weight excluding hydrogens is 252 g/mol. The van der Waals surface area contributed by atoms with Gasteiger partial charge in [0, 0.05) is 11.6 Å². The van der Waals surface area contributed by atoms with Crippen molar-refractivity contribution in [3.8, 4) is 11.5 Å². The van der Waals surface area contributed by atoms with Crippen LogP contribution in [0.15, 0.2) is 17.3 Å². The number of nitrogens with two attached hydrogens (primary N) is 1. The number of carbonyl (C=O) groups excluding carboxylic acids is 1. The summed E-state index contributed by atoms with van der Waals surface area (Å²) in [6.07, 6.45) is -0.447. The molecule has 0 spiro atoms. The van der Waals surface area contributed by atoms with Crippen molar-refractivity contribution in [2.24, 2.45) is 10.9 Å². The zero-order chi connectivity index (χ0) is 14.4. The highest BCUT2D eigenvalue weighted by Gasteiger charge is 2.19. The van der Waals surface area contributed by atoms with E-state index in [2.05, 4.69) is 5.18 Å². The second-order valence-electron chi connectivity index (χ2n) is 3.80. The number of ether oxygens (including phenoxy) is 2. The number of carbonyl (C=O) groups is 1. The van der Waals surface area contributed by atoms with Crippen LogP contribution in [-0.4, -0.2) is 24.2 Å². The molecule has 1 aromatic rings. The third-order valence-corrected chi connectivity index (χ3v) is 2.59. The van der Waals surface area contributed by atoms with Crippen molar-refractivity contribution in [3.05, 3.63) is 22.6 Å². The average Bonchev–Trinajstić information content (AvgIpc) is 2.43. The molecule has 0 heterocycles. The van der Waals surface area contributed by atoms with Crippen LogP contribution in [0, 0.1) is 4.91 Å². The van der Waals surface area contributed by atoms with E-state index >= 15 is 0 Å². The topological polar surface area (TPSA) is 111 Å². The van der Waals surface area contributed by atoms with Crippen LogP contribution in [0.1, 0.15) is 18.9 Å². The summed E-state index contributed by atoms with van der Waals surface area (Å²) < 4.78 is 10.5. The van der Waals surface area contributed by atoms with Crippen LogP contribution < -0.4 is 15.2 Å². The lowest BCUT2D eigenvalue weighted by atomic mass is 10.1. The summed E-state index contributed by atoms with van der Waals surface area (Å²) in [5.74, 6) is -0.146. The van der Waals surface area contributed by atoms with Gasteiger partial charge in [-0.25, -0.2) is 0 Å². The highest BCUT2D eigenvalue weighted by molar-refractivity contribution is 5.79. The van der Waals surface area contributed by atoms with Gasteiger partial charge in [0.1, 0.15) is 5.69 Å². The number of hydrogen-bond donors (Lipinski definition) is 2. The Morgan fingerprint density at radius 1 is 1.47 bits per heavy atom. The molecule has 1 atom stereocenters. The van der Waals surface area contributed by atoms with Crippen molar-refractivity contribution in [2.45, 2.75) is 26.1 Å². The molecule has 0 aliphatic rings. The zero-order valence-electron chi connectivity index (χ0n) is 10.8. The number of nitrogens with zero attached hydrogens (tertiary/aromatic N) is 1. The number of aliphatic hydroxyl groups excluding tert-OH is 1. The summed E-state index contributed by atoms with van der Waals surface area (Å²) in [4.78, 5) is 21.8. The Hall–Kier alpha value is -2.15. The maximum absolute atomic E-state index is 11.1. The monoisotopic (exact) mass is 268 g/mol. The van der Waals surface area contributed by atoms with Crippen molar-refractivity contribution in [2.75, 3.05) is 7.11 Å². The number of methoxy groups -OCH3 is 1. The van der Waals surface area contributed by atoms with Crippen LogP contribution in [0.5, 0.6) is 11.5 Å². The Balaban J connectivity index is 3.18. The molecule has 0 aliphatic heterocycles. The Morgan fingerprint density at radius 2 is 2.16 bits per heavy atom. The number of benzene rings is 1. The van der Waals surface area contributed by atoms with Gasteiger partial charge in [-0.2, -0.15) is 0 Å². The second-order valence-corrected chi connectivity index (χ2v) is 3.80. The molecule has 0 fully saturated rings. The summed E-state index contributed by atoms with van der Waals surface area (Å²) in [6, 6.07) is 2.74. The van der Waals surface area contributed by atoms with E-state index < -0.39 is 12.0 Å². The van der Waals surface area contributed by atoms with E-state index in [4.69, 9.17) is 20.3 Å². The Labute approximate surface area is 110 Å². The first-order valence-electron chi connectivity index (χ1n) is 5.68. The maximum atomic E-state index is 11.1. The van der Waals surface area contributed by atoms with E-state index in [1.54, 1.807) is 6.92 Å². The number of hydrogen-bond acceptors (Lipinski definition) is 6. The molecule has 7 nitrogen and oxygen atoms in total. The molecular formula is C12H16N2O5. The van der Waals surface area contributed by atoms with E-state index in [-0.39, 0.29) is 23.8 Å². The quantitative estimate of drug-likeness (QED) is 0.722. The molecule has 0 saturated carbocycles. The molecule has 1 rings (SSSR count). The van der Waals surface area contributed by atoms with Gasteiger partial charge in [0.25, 0.3) is 5.91 Å². The van der Waals surface area contributed by atoms with Crippen LogP contribution in [0.25, 0.3) is 0 Å². The molecule has 0 aromatic heterocycles. The standard InChI is InChI=1S/C12H16N2O5/c1-3-9(12(13)16)19-11-5-8(14-17)7(6-15)4-10(11)18-2/h4-5,9,15H,3,6H2,1-2H3,(H2,13,16). The van der Waals surface area contributed by atoms with Crippen molar-refractivity contribution in [1.29, 1.82) is 0 Å². The lowest BCUT2D eigenvalue weighted by Gasteiger charge is -2.17. The Kier molecular flexibility index (Phi) is 5.25. The summed E-state index contributed by atoms with van der Waals surface area (Å²) in [7, 11) is 1.41. The van der Waals surface area contributed by atoms with Crippen LogP contribution in [0.3, 0.4) is 0 Å². The number of amides is 1. The minimum atomic E-state index is -0.826. The van der Waals surface area contributed by atoms with Crippen LogP contribution in [-0.2, 0) is 11.4 Å². The van der Waals surface area contributed by atoms with Gasteiger partial charge < -0.3 is 20.3 Å². The van der Waals surface area contributed by atoms with E-state index in [0.717, 1.165) is 0 Å². The van der Waals surface area contributed by atoms with E-state index in [1.165, 1.54) is 19.2 Å². The summed E-state index contributed by atoms with van der Waals surface area (Å²) in [6.45, 7) is 1.38. The summed E-state index contributed by atoms with van der Waals surface area (Å²) in [5.41, 5.74) is 5.52. The molecule has 104 valence electrons. The first-order chi connectivity index (χ1) is 9.07. The van der Waals surface area contributed by atoms with Crippen molar-refractivity contribution < 1.29 is 19.4 Å². The van der Waals surface area contributed by atoms with E-state index in [1.807, 2.05) is 0 Å². The molecule has 1 aromatic carbocycles. The fourth-order valence-corrected chi connectivity index (χ4v) is 1.55. The summed E-state index contributed by atoms with van der Waals surface area (Å²) >= 11 is 0. The van der Waals surface area contributed by atoms with Crippen molar-refractivity contribution in [3.63, 3.8) is 0 Å². The van der Waals surface area contributed by atoms with Gasteiger partial charge in [-0.15, -0.1) is 4.91 Å². The lowest BCUT2D eigenvalue weighted by molar-refractivity contribution is -0.124. The molecule has 19 heavy (non-hydrogen) atoms. The van der Waals surface area contributed by atoms with Crippen LogP contribution in [0.2, 0.25) is 0 Å². The molecule has 1 unspecified atom stereocenters. The van der Waals surface area contributed by atoms with Crippen molar-refractivity contribution in [1.82, 2.24) is 0 Å². The molecule has 0 radical (unpaired) electrons. The second kappa shape index (κ2) is 6.69. The Bertz CT molecular complexity index is 475. The fraction of sp³-hybridized carbons (Fsp3) is 0.417. The molecule has 0 aliphatic carbocycles. The zero-order valence-corrected chi connectivity index (χ0v) is 10.8. The maximum Gasteiger partial charge on any atom is 0.258 e. The molecule has 7 heteroatoms. The van der Waals surface area contributed by atoms with E-state index in [9.17, 15) is 9.70 Å². The number of aliphatic hydroxyl groups is 1. The van der Waals surface area contributed by atoms with Gasteiger partial charge in [-0.3, -0.25) is 4.79 Å². The van der Waals surface area contributed by atoms with Gasteiger partial charge in [0.05, 0.1) is 13.7 Å². The lowest BCUT2D eigenvalue weighted by Crippen LogP contribution is -2.33. The van der Waals surface area contributed by atoms with Crippen molar-refractivity contribution >= 4 is 11.6 Å². The minimum absolute atomic E-state index is 0.0256. The first kappa shape index (κ1) is 14.9. The largest absolute Gasteiger partial charge is 0.493 e. The number of rotatable bonds is 7.